The van der Waals surface area contributed by atoms with Crippen LogP contribution in [0.1, 0.15) is 44.0 Å². The van der Waals surface area contributed by atoms with Gasteiger partial charge in [0.25, 0.3) is 5.91 Å². The summed E-state index contributed by atoms with van der Waals surface area (Å²) >= 11 is 0. The van der Waals surface area contributed by atoms with Crippen LogP contribution in [0.4, 0.5) is 10.5 Å². The number of rotatable bonds is 6. The van der Waals surface area contributed by atoms with Crippen molar-refractivity contribution in [1.82, 2.24) is 10.6 Å². The molecule has 0 radical (unpaired) electrons. The van der Waals surface area contributed by atoms with E-state index in [1.54, 1.807) is 24.3 Å². The summed E-state index contributed by atoms with van der Waals surface area (Å²) in [6.45, 7) is 6.54. The van der Waals surface area contributed by atoms with Crippen molar-refractivity contribution in [2.45, 2.75) is 39.7 Å². The average molecular weight is 277 g/mol. The smallest absolute Gasteiger partial charge is 0.319 e. The molecule has 110 valence electrons. The number of amides is 3. The third-order valence-corrected chi connectivity index (χ3v) is 2.95. The Bertz CT molecular complexity index is 460. The summed E-state index contributed by atoms with van der Waals surface area (Å²) in [4.78, 5) is 23.8. The van der Waals surface area contributed by atoms with E-state index in [1.165, 1.54) is 0 Å². The van der Waals surface area contributed by atoms with Crippen molar-refractivity contribution in [3.63, 3.8) is 0 Å². The predicted octanol–water partition coefficient (Wildman–Crippen LogP) is 2.75. The first-order valence-electron chi connectivity index (χ1n) is 7.03. The normalized spacial score (nSPS) is 11.6. The summed E-state index contributed by atoms with van der Waals surface area (Å²) in [5.74, 6) is -0.175. The molecule has 0 unspecified atom stereocenters. The SMILES string of the molecule is CCCNC(=O)Nc1ccccc1C(=O)N[C@H](C)CC. The fourth-order valence-corrected chi connectivity index (χ4v) is 1.60. The van der Waals surface area contributed by atoms with Crippen LogP contribution < -0.4 is 16.0 Å². The molecule has 1 aromatic rings. The Labute approximate surface area is 120 Å². The maximum Gasteiger partial charge on any atom is 0.319 e. The van der Waals surface area contributed by atoms with Crippen LogP contribution in [0.3, 0.4) is 0 Å². The summed E-state index contributed by atoms with van der Waals surface area (Å²) in [6.07, 6.45) is 1.72. The van der Waals surface area contributed by atoms with E-state index >= 15 is 0 Å². The van der Waals surface area contributed by atoms with Crippen molar-refractivity contribution in [1.29, 1.82) is 0 Å². The molecule has 3 amide bonds. The Kier molecular flexibility index (Phi) is 6.56. The van der Waals surface area contributed by atoms with Gasteiger partial charge in [-0.2, -0.15) is 0 Å². The lowest BCUT2D eigenvalue weighted by Gasteiger charge is -2.14. The monoisotopic (exact) mass is 277 g/mol. The van der Waals surface area contributed by atoms with Crippen LogP contribution in [0.15, 0.2) is 24.3 Å². The third-order valence-electron chi connectivity index (χ3n) is 2.95. The van der Waals surface area contributed by atoms with Crippen molar-refractivity contribution in [2.24, 2.45) is 0 Å². The van der Waals surface area contributed by atoms with Gasteiger partial charge < -0.3 is 16.0 Å². The van der Waals surface area contributed by atoms with Crippen molar-refractivity contribution in [2.75, 3.05) is 11.9 Å². The van der Waals surface area contributed by atoms with Gasteiger partial charge in [-0.3, -0.25) is 4.79 Å². The van der Waals surface area contributed by atoms with Crippen LogP contribution >= 0.6 is 0 Å². The topological polar surface area (TPSA) is 70.2 Å². The number of carbonyl (C=O) groups excluding carboxylic acids is 2. The Balaban J connectivity index is 2.77. The van der Waals surface area contributed by atoms with Crippen molar-refractivity contribution in [3.8, 4) is 0 Å². The first-order chi connectivity index (χ1) is 9.58. The lowest BCUT2D eigenvalue weighted by molar-refractivity contribution is 0.0940. The van der Waals surface area contributed by atoms with Gasteiger partial charge in [0.15, 0.2) is 0 Å². The first kappa shape index (κ1) is 16.0. The van der Waals surface area contributed by atoms with Gasteiger partial charge in [0.1, 0.15) is 0 Å². The number of urea groups is 1. The molecule has 20 heavy (non-hydrogen) atoms. The molecule has 5 heteroatoms. The number of anilines is 1. The molecular weight excluding hydrogens is 254 g/mol. The van der Waals surface area contributed by atoms with Crippen molar-refractivity contribution in [3.05, 3.63) is 29.8 Å². The standard InChI is InChI=1S/C15H23N3O2/c1-4-10-16-15(20)18-13-9-7-6-8-12(13)14(19)17-11(3)5-2/h6-9,11H,4-5,10H2,1-3H3,(H,17,19)(H2,16,18,20)/t11-/m1/s1. The van der Waals surface area contributed by atoms with Gasteiger partial charge in [-0.05, 0) is 31.9 Å². The highest BCUT2D eigenvalue weighted by Gasteiger charge is 2.14. The third kappa shape index (κ3) is 4.91. The molecule has 0 aliphatic rings. The van der Waals surface area contributed by atoms with Gasteiger partial charge in [-0.15, -0.1) is 0 Å². The maximum absolute atomic E-state index is 12.1. The maximum atomic E-state index is 12.1. The Morgan fingerprint density at radius 1 is 1.20 bits per heavy atom. The first-order valence-corrected chi connectivity index (χ1v) is 7.03. The van der Waals surface area contributed by atoms with E-state index in [9.17, 15) is 9.59 Å². The lowest BCUT2D eigenvalue weighted by Crippen LogP contribution is -2.34. The second-order valence-corrected chi connectivity index (χ2v) is 4.71. The van der Waals surface area contributed by atoms with E-state index in [2.05, 4.69) is 16.0 Å². The highest BCUT2D eigenvalue weighted by atomic mass is 16.2. The van der Waals surface area contributed by atoms with Crippen molar-refractivity contribution >= 4 is 17.6 Å². The molecule has 0 saturated heterocycles. The molecule has 0 aromatic heterocycles. The summed E-state index contributed by atoms with van der Waals surface area (Å²) in [6, 6.07) is 6.79. The number of nitrogens with one attached hydrogen (secondary N) is 3. The Morgan fingerprint density at radius 3 is 2.55 bits per heavy atom. The number of carbonyl (C=O) groups is 2. The number of hydrogen-bond acceptors (Lipinski definition) is 2. The van der Waals surface area contributed by atoms with Crippen LogP contribution in [0.5, 0.6) is 0 Å². The van der Waals surface area contributed by atoms with Crippen molar-refractivity contribution < 1.29 is 9.59 Å². The molecule has 1 aromatic carbocycles. The fraction of sp³-hybridized carbons (Fsp3) is 0.467. The zero-order chi connectivity index (χ0) is 15.0. The van der Waals surface area contributed by atoms with Gasteiger partial charge in [0, 0.05) is 12.6 Å². The molecule has 0 spiro atoms. The Hall–Kier alpha value is -2.04. The van der Waals surface area contributed by atoms with E-state index in [0.717, 1.165) is 12.8 Å². The van der Waals surface area contributed by atoms with E-state index in [-0.39, 0.29) is 18.0 Å². The molecule has 0 fully saturated rings. The minimum absolute atomic E-state index is 0.101. The van der Waals surface area contributed by atoms with Crippen LogP contribution in [0.25, 0.3) is 0 Å². The average Bonchev–Trinajstić information content (AvgIpc) is 2.45. The van der Waals surface area contributed by atoms with E-state index in [4.69, 9.17) is 0 Å². The molecular formula is C15H23N3O2. The lowest BCUT2D eigenvalue weighted by atomic mass is 10.1. The quantitative estimate of drug-likeness (QED) is 0.748. The Morgan fingerprint density at radius 2 is 1.90 bits per heavy atom. The minimum atomic E-state index is -0.296. The number of hydrogen-bond donors (Lipinski definition) is 3. The van der Waals surface area contributed by atoms with Gasteiger partial charge >= 0.3 is 6.03 Å². The van der Waals surface area contributed by atoms with Crippen LogP contribution in [-0.2, 0) is 0 Å². The number of para-hydroxylation sites is 1. The zero-order valence-electron chi connectivity index (χ0n) is 12.3. The van der Waals surface area contributed by atoms with E-state index < -0.39 is 0 Å². The fourth-order valence-electron chi connectivity index (χ4n) is 1.60. The molecule has 1 rings (SSSR count). The predicted molar refractivity (Wildman–Crippen MR) is 81.0 cm³/mol. The molecule has 1 atom stereocenters. The molecule has 0 saturated carbocycles. The molecule has 5 nitrogen and oxygen atoms in total. The van der Waals surface area contributed by atoms with Gasteiger partial charge in [0.05, 0.1) is 11.3 Å². The largest absolute Gasteiger partial charge is 0.350 e. The zero-order valence-corrected chi connectivity index (χ0v) is 12.3. The molecule has 0 aliphatic heterocycles. The molecule has 0 bridgehead atoms. The van der Waals surface area contributed by atoms with E-state index in [1.807, 2.05) is 20.8 Å². The van der Waals surface area contributed by atoms with Crippen LogP contribution in [0.2, 0.25) is 0 Å². The minimum Gasteiger partial charge on any atom is -0.350 e. The molecule has 3 N–H and O–H groups in total. The second-order valence-electron chi connectivity index (χ2n) is 4.71. The second kappa shape index (κ2) is 8.19. The van der Waals surface area contributed by atoms with Gasteiger partial charge in [0.2, 0.25) is 0 Å². The van der Waals surface area contributed by atoms with Gasteiger partial charge in [-0.1, -0.05) is 26.0 Å². The summed E-state index contributed by atoms with van der Waals surface area (Å²) in [5.41, 5.74) is 0.987. The highest BCUT2D eigenvalue weighted by molar-refractivity contribution is 6.03. The van der Waals surface area contributed by atoms with Crippen LogP contribution in [-0.4, -0.2) is 24.5 Å². The molecule has 0 heterocycles. The number of benzene rings is 1. The summed E-state index contributed by atoms with van der Waals surface area (Å²) in [7, 11) is 0. The highest BCUT2D eigenvalue weighted by Crippen LogP contribution is 2.15. The molecule has 0 aliphatic carbocycles. The summed E-state index contributed by atoms with van der Waals surface area (Å²) in [5, 5.41) is 8.32. The van der Waals surface area contributed by atoms with Crippen LogP contribution in [0, 0.1) is 0 Å². The summed E-state index contributed by atoms with van der Waals surface area (Å²) < 4.78 is 0. The van der Waals surface area contributed by atoms with E-state index in [0.29, 0.717) is 17.8 Å². The van der Waals surface area contributed by atoms with Gasteiger partial charge in [-0.25, -0.2) is 4.79 Å².